The lowest BCUT2D eigenvalue weighted by Crippen LogP contribution is -2.39. The van der Waals surface area contributed by atoms with Crippen molar-refractivity contribution in [2.45, 2.75) is 32.2 Å². The van der Waals surface area contributed by atoms with Gasteiger partial charge in [-0.3, -0.25) is 19.3 Å². The number of carbonyl (C=O) groups excluding carboxylic acids is 3. The Balaban J connectivity index is 1.37. The minimum Gasteiger partial charge on any atom is -0.338 e. The molecule has 3 amide bonds. The van der Waals surface area contributed by atoms with E-state index in [1.807, 2.05) is 29.2 Å². The van der Waals surface area contributed by atoms with Crippen molar-refractivity contribution in [3.63, 3.8) is 0 Å². The number of allylic oxidation sites excluding steroid dienone is 2. The molecule has 0 saturated carbocycles. The maximum absolute atomic E-state index is 12.6. The molecule has 0 bridgehead atoms. The minimum atomic E-state index is -0.213. The van der Waals surface area contributed by atoms with Crippen LogP contribution in [-0.2, 0) is 27.3 Å². The van der Waals surface area contributed by atoms with Gasteiger partial charge in [0.1, 0.15) is 0 Å². The largest absolute Gasteiger partial charge is 0.338 e. The first-order valence-corrected chi connectivity index (χ1v) is 9.00. The number of hydrogen-bond donors (Lipinski definition) is 0. The molecule has 0 spiro atoms. The van der Waals surface area contributed by atoms with E-state index in [4.69, 9.17) is 0 Å². The summed E-state index contributed by atoms with van der Waals surface area (Å²) >= 11 is 0. The van der Waals surface area contributed by atoms with Gasteiger partial charge in [0.2, 0.25) is 17.7 Å². The van der Waals surface area contributed by atoms with Gasteiger partial charge < -0.3 is 4.90 Å². The molecule has 0 radical (unpaired) electrons. The highest BCUT2D eigenvalue weighted by molar-refractivity contribution is 6.05. The summed E-state index contributed by atoms with van der Waals surface area (Å²) in [7, 11) is 0. The van der Waals surface area contributed by atoms with E-state index < -0.39 is 0 Å². The van der Waals surface area contributed by atoms with Crippen molar-refractivity contribution >= 4 is 17.7 Å². The monoisotopic (exact) mass is 338 g/mol. The number of fused-ring (bicyclic) bond motifs is 2. The lowest BCUT2D eigenvalue weighted by Gasteiger charge is -2.29. The van der Waals surface area contributed by atoms with Gasteiger partial charge in [0, 0.05) is 26.1 Å². The van der Waals surface area contributed by atoms with Crippen LogP contribution in [0.4, 0.5) is 0 Å². The highest BCUT2D eigenvalue weighted by Gasteiger charge is 2.47. The average Bonchev–Trinajstić information content (AvgIpc) is 2.90. The Morgan fingerprint density at radius 2 is 1.64 bits per heavy atom. The number of rotatable bonds is 3. The van der Waals surface area contributed by atoms with E-state index in [0.717, 1.165) is 6.42 Å². The molecule has 5 heteroatoms. The van der Waals surface area contributed by atoms with Crippen LogP contribution in [0.5, 0.6) is 0 Å². The van der Waals surface area contributed by atoms with E-state index in [1.54, 1.807) is 0 Å². The highest BCUT2D eigenvalue weighted by atomic mass is 16.2. The van der Waals surface area contributed by atoms with Crippen LogP contribution in [-0.4, -0.2) is 40.6 Å². The van der Waals surface area contributed by atoms with Gasteiger partial charge in [0.25, 0.3) is 0 Å². The Kier molecular flexibility index (Phi) is 4.15. The smallest absolute Gasteiger partial charge is 0.233 e. The SMILES string of the molecule is O=C(CCN1C(=O)C2CC=CCC2C1=O)N1CCc2ccccc2C1. The molecule has 0 aromatic heterocycles. The summed E-state index contributed by atoms with van der Waals surface area (Å²) in [4.78, 5) is 40.6. The van der Waals surface area contributed by atoms with Crippen molar-refractivity contribution in [2.24, 2.45) is 11.8 Å². The van der Waals surface area contributed by atoms with Crippen LogP contribution >= 0.6 is 0 Å². The van der Waals surface area contributed by atoms with Gasteiger partial charge in [-0.05, 0) is 30.4 Å². The van der Waals surface area contributed by atoms with Crippen LogP contribution in [0, 0.1) is 11.8 Å². The van der Waals surface area contributed by atoms with Crippen LogP contribution in [0.1, 0.15) is 30.4 Å². The lowest BCUT2D eigenvalue weighted by atomic mass is 9.85. The number of amides is 3. The van der Waals surface area contributed by atoms with Gasteiger partial charge >= 0.3 is 0 Å². The molecule has 1 aromatic carbocycles. The molecule has 1 aliphatic carbocycles. The van der Waals surface area contributed by atoms with Crippen molar-refractivity contribution in [3.8, 4) is 0 Å². The molecule has 1 saturated heterocycles. The normalized spacial score (nSPS) is 25.1. The fourth-order valence-electron chi connectivity index (χ4n) is 4.16. The number of imide groups is 1. The first-order valence-electron chi connectivity index (χ1n) is 9.00. The zero-order valence-corrected chi connectivity index (χ0v) is 14.2. The van der Waals surface area contributed by atoms with Crippen molar-refractivity contribution < 1.29 is 14.4 Å². The molecule has 3 aliphatic rings. The molecule has 1 fully saturated rings. The fourth-order valence-corrected chi connectivity index (χ4v) is 4.16. The zero-order chi connectivity index (χ0) is 17.4. The van der Waals surface area contributed by atoms with Crippen molar-refractivity contribution in [3.05, 3.63) is 47.5 Å². The van der Waals surface area contributed by atoms with E-state index >= 15 is 0 Å². The standard InChI is InChI=1S/C20H22N2O3/c23-18(21-11-9-14-5-1-2-6-15(14)13-21)10-12-22-19(24)16-7-3-4-8-17(16)20(22)25/h1-6,16-17H,7-13H2. The van der Waals surface area contributed by atoms with Crippen LogP contribution in [0.15, 0.2) is 36.4 Å². The van der Waals surface area contributed by atoms with Crippen LogP contribution < -0.4 is 0 Å². The minimum absolute atomic E-state index is 0.0168. The first-order chi connectivity index (χ1) is 12.1. The summed E-state index contributed by atoms with van der Waals surface area (Å²) in [6.45, 7) is 1.53. The number of carbonyl (C=O) groups is 3. The summed E-state index contributed by atoms with van der Waals surface area (Å²) in [5, 5.41) is 0. The second-order valence-corrected chi connectivity index (χ2v) is 7.07. The molecule has 25 heavy (non-hydrogen) atoms. The molecule has 1 aromatic rings. The summed E-state index contributed by atoms with van der Waals surface area (Å²) in [6, 6.07) is 8.17. The Morgan fingerprint density at radius 3 is 2.32 bits per heavy atom. The molecule has 5 nitrogen and oxygen atoms in total. The summed E-state index contributed by atoms with van der Waals surface area (Å²) < 4.78 is 0. The van der Waals surface area contributed by atoms with E-state index in [0.29, 0.717) is 25.9 Å². The summed E-state index contributed by atoms with van der Waals surface area (Å²) in [5.41, 5.74) is 2.49. The number of nitrogens with zero attached hydrogens (tertiary/aromatic N) is 2. The number of hydrogen-bond acceptors (Lipinski definition) is 3. The first kappa shape index (κ1) is 16.1. The Morgan fingerprint density at radius 1 is 1.00 bits per heavy atom. The van der Waals surface area contributed by atoms with Gasteiger partial charge in [-0.15, -0.1) is 0 Å². The quantitative estimate of drug-likeness (QED) is 0.625. The predicted molar refractivity (Wildman–Crippen MR) is 92.3 cm³/mol. The van der Waals surface area contributed by atoms with E-state index in [-0.39, 0.29) is 42.5 Å². The van der Waals surface area contributed by atoms with E-state index in [1.165, 1.54) is 16.0 Å². The van der Waals surface area contributed by atoms with Crippen molar-refractivity contribution in [2.75, 3.05) is 13.1 Å². The van der Waals surface area contributed by atoms with E-state index in [2.05, 4.69) is 12.1 Å². The van der Waals surface area contributed by atoms with Crippen LogP contribution in [0.2, 0.25) is 0 Å². The third kappa shape index (κ3) is 2.88. The lowest BCUT2D eigenvalue weighted by molar-refractivity contribution is -0.141. The van der Waals surface area contributed by atoms with Crippen molar-refractivity contribution in [1.82, 2.24) is 9.80 Å². The third-order valence-corrected chi connectivity index (χ3v) is 5.63. The van der Waals surface area contributed by atoms with E-state index in [9.17, 15) is 14.4 Å². The van der Waals surface area contributed by atoms with Crippen LogP contribution in [0.3, 0.4) is 0 Å². The van der Waals surface area contributed by atoms with Gasteiger partial charge in [-0.1, -0.05) is 36.4 Å². The molecule has 2 heterocycles. The molecule has 4 rings (SSSR count). The predicted octanol–water partition coefficient (Wildman–Crippen LogP) is 1.91. The molecular weight excluding hydrogens is 316 g/mol. The van der Waals surface area contributed by atoms with Gasteiger partial charge in [-0.25, -0.2) is 0 Å². The zero-order valence-electron chi connectivity index (χ0n) is 14.2. The Hall–Kier alpha value is -2.43. The second-order valence-electron chi connectivity index (χ2n) is 7.07. The molecule has 2 atom stereocenters. The Labute approximate surface area is 147 Å². The Bertz CT molecular complexity index is 729. The maximum Gasteiger partial charge on any atom is 0.233 e. The van der Waals surface area contributed by atoms with Gasteiger partial charge in [0.15, 0.2) is 0 Å². The van der Waals surface area contributed by atoms with Crippen molar-refractivity contribution in [1.29, 1.82) is 0 Å². The topological polar surface area (TPSA) is 57.7 Å². The molecular formula is C20H22N2O3. The van der Waals surface area contributed by atoms with Crippen LogP contribution in [0.25, 0.3) is 0 Å². The molecule has 0 N–H and O–H groups in total. The maximum atomic E-state index is 12.6. The third-order valence-electron chi connectivity index (χ3n) is 5.63. The number of benzene rings is 1. The van der Waals surface area contributed by atoms with Gasteiger partial charge in [0.05, 0.1) is 11.8 Å². The second kappa shape index (κ2) is 6.47. The summed E-state index contributed by atoms with van der Waals surface area (Å²) in [5.74, 6) is -0.612. The number of likely N-dealkylation sites (tertiary alicyclic amines) is 1. The molecule has 2 aliphatic heterocycles. The van der Waals surface area contributed by atoms with Gasteiger partial charge in [-0.2, -0.15) is 0 Å². The molecule has 2 unspecified atom stereocenters. The summed E-state index contributed by atoms with van der Waals surface area (Å²) in [6.07, 6.45) is 6.31. The highest BCUT2D eigenvalue weighted by Crippen LogP contribution is 2.35. The fraction of sp³-hybridized carbons (Fsp3) is 0.450. The molecule has 130 valence electrons. The average molecular weight is 338 g/mol.